The third-order valence-electron chi connectivity index (χ3n) is 2.21. The van der Waals surface area contributed by atoms with Crippen molar-refractivity contribution in [1.29, 1.82) is 0 Å². The third-order valence-corrected chi connectivity index (χ3v) is 2.79. The van der Waals surface area contributed by atoms with Crippen LogP contribution in [0.4, 0.5) is 0 Å². The minimum Gasteiger partial charge on any atom is -0.309 e. The topological polar surface area (TPSA) is 29.9 Å². The minimum atomic E-state index is 0.915. The van der Waals surface area contributed by atoms with Crippen LogP contribution in [0.1, 0.15) is 12.6 Å². The van der Waals surface area contributed by atoms with Crippen molar-refractivity contribution in [2.75, 3.05) is 13.1 Å². The Kier molecular flexibility index (Phi) is 2.51. The lowest BCUT2D eigenvalue weighted by Gasteiger charge is -2.05. The number of aryl methyl sites for hydroxylation is 1. The molecule has 0 radical (unpaired) electrons. The summed E-state index contributed by atoms with van der Waals surface area (Å²) in [5, 5.41) is 7.56. The zero-order valence-electron chi connectivity index (χ0n) is 7.55. The van der Waals surface area contributed by atoms with Gasteiger partial charge in [0, 0.05) is 19.6 Å². The third kappa shape index (κ3) is 1.56. The Morgan fingerprint density at radius 2 is 2.54 bits per heavy atom. The van der Waals surface area contributed by atoms with Crippen molar-refractivity contribution < 1.29 is 0 Å². The summed E-state index contributed by atoms with van der Waals surface area (Å²) in [4.78, 5) is 0. The predicted octanol–water partition coefficient (Wildman–Crippen LogP) is 1.65. The molecule has 3 nitrogen and oxygen atoms in total. The monoisotopic (exact) mass is 241 g/mol. The summed E-state index contributed by atoms with van der Waals surface area (Å²) in [7, 11) is 0. The molecule has 2 heterocycles. The van der Waals surface area contributed by atoms with E-state index in [4.69, 9.17) is 0 Å². The van der Waals surface area contributed by atoms with Crippen LogP contribution in [-0.4, -0.2) is 22.9 Å². The molecule has 1 aliphatic rings. The minimum absolute atomic E-state index is 0.915. The largest absolute Gasteiger partial charge is 0.309 e. The quantitative estimate of drug-likeness (QED) is 0.854. The molecular formula is C9H12BrN3. The Bertz CT molecular complexity index is 341. The van der Waals surface area contributed by atoms with Gasteiger partial charge in [-0.15, -0.1) is 0 Å². The fourth-order valence-corrected chi connectivity index (χ4v) is 2.13. The first-order valence-corrected chi connectivity index (χ1v) is 5.23. The molecule has 13 heavy (non-hydrogen) atoms. The van der Waals surface area contributed by atoms with Gasteiger partial charge in [0.2, 0.25) is 0 Å². The summed E-state index contributed by atoms with van der Waals surface area (Å²) in [6, 6.07) is 0. The summed E-state index contributed by atoms with van der Waals surface area (Å²) >= 11 is 3.52. The summed E-state index contributed by atoms with van der Waals surface area (Å²) < 4.78 is 3.10. The Balaban J connectivity index is 2.41. The molecule has 0 aromatic carbocycles. The Hall–Kier alpha value is -0.610. The predicted molar refractivity (Wildman–Crippen MR) is 56.4 cm³/mol. The van der Waals surface area contributed by atoms with Gasteiger partial charge in [-0.1, -0.05) is 6.08 Å². The normalized spacial score (nSPS) is 16.3. The van der Waals surface area contributed by atoms with Crippen LogP contribution in [0.5, 0.6) is 0 Å². The van der Waals surface area contributed by atoms with E-state index in [-0.39, 0.29) is 0 Å². The van der Waals surface area contributed by atoms with Crippen molar-refractivity contribution >= 4 is 21.5 Å². The van der Waals surface area contributed by atoms with E-state index in [1.165, 1.54) is 11.3 Å². The zero-order chi connectivity index (χ0) is 9.26. The number of nitrogens with zero attached hydrogens (tertiary/aromatic N) is 2. The maximum absolute atomic E-state index is 4.28. The standard InChI is InChI=1S/C9H12BrN3/c1-2-13-9(8(10)6-12-13)7-3-4-11-5-7/h3,6,11H,2,4-5H2,1H3. The van der Waals surface area contributed by atoms with Crippen LogP contribution in [0.2, 0.25) is 0 Å². The van der Waals surface area contributed by atoms with Crippen molar-refractivity contribution in [2.45, 2.75) is 13.5 Å². The van der Waals surface area contributed by atoms with E-state index < -0.39 is 0 Å². The zero-order valence-corrected chi connectivity index (χ0v) is 9.13. The molecule has 1 aromatic heterocycles. The average molecular weight is 242 g/mol. The second-order valence-corrected chi connectivity index (χ2v) is 3.87. The lowest BCUT2D eigenvalue weighted by molar-refractivity contribution is 0.650. The van der Waals surface area contributed by atoms with Gasteiger partial charge in [-0.3, -0.25) is 4.68 Å². The molecule has 0 unspecified atom stereocenters. The number of hydrogen-bond acceptors (Lipinski definition) is 2. The molecule has 0 aliphatic carbocycles. The highest BCUT2D eigenvalue weighted by Crippen LogP contribution is 2.25. The highest BCUT2D eigenvalue weighted by molar-refractivity contribution is 9.10. The summed E-state index contributed by atoms with van der Waals surface area (Å²) in [6.07, 6.45) is 4.08. The maximum atomic E-state index is 4.28. The van der Waals surface area contributed by atoms with Crippen LogP contribution < -0.4 is 5.32 Å². The molecule has 0 amide bonds. The second kappa shape index (κ2) is 3.64. The van der Waals surface area contributed by atoms with Crippen molar-refractivity contribution in [3.8, 4) is 0 Å². The van der Waals surface area contributed by atoms with Crippen molar-refractivity contribution in [1.82, 2.24) is 15.1 Å². The van der Waals surface area contributed by atoms with Gasteiger partial charge in [-0.2, -0.15) is 5.10 Å². The van der Waals surface area contributed by atoms with Crippen molar-refractivity contribution in [3.05, 3.63) is 22.4 Å². The van der Waals surface area contributed by atoms with E-state index in [0.29, 0.717) is 0 Å². The fraction of sp³-hybridized carbons (Fsp3) is 0.444. The van der Waals surface area contributed by atoms with E-state index in [1.54, 1.807) is 0 Å². The van der Waals surface area contributed by atoms with Gasteiger partial charge >= 0.3 is 0 Å². The van der Waals surface area contributed by atoms with Crippen LogP contribution in [0.25, 0.3) is 5.57 Å². The van der Waals surface area contributed by atoms with Gasteiger partial charge in [0.1, 0.15) is 0 Å². The number of nitrogens with one attached hydrogen (secondary N) is 1. The first-order valence-electron chi connectivity index (χ1n) is 4.44. The van der Waals surface area contributed by atoms with Crippen LogP contribution in [-0.2, 0) is 6.54 Å². The molecule has 70 valence electrons. The second-order valence-electron chi connectivity index (χ2n) is 3.02. The molecule has 2 rings (SSSR count). The molecule has 0 saturated heterocycles. The summed E-state index contributed by atoms with van der Waals surface area (Å²) in [5.41, 5.74) is 2.55. The molecule has 0 spiro atoms. The lowest BCUT2D eigenvalue weighted by atomic mass is 10.2. The molecular weight excluding hydrogens is 230 g/mol. The Morgan fingerprint density at radius 1 is 1.69 bits per heavy atom. The van der Waals surface area contributed by atoms with Crippen molar-refractivity contribution in [2.24, 2.45) is 0 Å². The fourth-order valence-electron chi connectivity index (χ4n) is 1.58. The SMILES string of the molecule is CCn1ncc(Br)c1C1=CCNC1. The lowest BCUT2D eigenvalue weighted by Crippen LogP contribution is -2.10. The van der Waals surface area contributed by atoms with Crippen molar-refractivity contribution in [3.63, 3.8) is 0 Å². The van der Waals surface area contributed by atoms with Crippen LogP contribution >= 0.6 is 15.9 Å². The van der Waals surface area contributed by atoms with Crippen LogP contribution in [0, 0.1) is 0 Å². The molecule has 0 atom stereocenters. The number of halogens is 1. The first-order chi connectivity index (χ1) is 6.33. The Labute approximate surface area is 86.0 Å². The molecule has 1 aliphatic heterocycles. The van der Waals surface area contributed by atoms with Gasteiger partial charge in [-0.25, -0.2) is 0 Å². The van der Waals surface area contributed by atoms with E-state index in [2.05, 4.69) is 39.3 Å². The molecule has 0 fully saturated rings. The Morgan fingerprint density at radius 3 is 3.15 bits per heavy atom. The van der Waals surface area contributed by atoms with E-state index in [9.17, 15) is 0 Å². The van der Waals surface area contributed by atoms with E-state index in [0.717, 1.165) is 24.1 Å². The van der Waals surface area contributed by atoms with E-state index >= 15 is 0 Å². The van der Waals surface area contributed by atoms with Gasteiger partial charge < -0.3 is 5.32 Å². The molecule has 1 aromatic rings. The number of aromatic nitrogens is 2. The summed E-state index contributed by atoms with van der Waals surface area (Å²) in [5.74, 6) is 0. The average Bonchev–Trinajstić information content (AvgIpc) is 2.72. The molecule has 1 N–H and O–H groups in total. The van der Waals surface area contributed by atoms with Gasteiger partial charge in [0.05, 0.1) is 16.4 Å². The smallest absolute Gasteiger partial charge is 0.0794 e. The first kappa shape index (κ1) is 8.97. The highest BCUT2D eigenvalue weighted by atomic mass is 79.9. The van der Waals surface area contributed by atoms with Gasteiger partial charge in [0.15, 0.2) is 0 Å². The van der Waals surface area contributed by atoms with Gasteiger partial charge in [0.25, 0.3) is 0 Å². The number of rotatable bonds is 2. The maximum Gasteiger partial charge on any atom is 0.0794 e. The molecule has 0 saturated carbocycles. The van der Waals surface area contributed by atoms with Crippen LogP contribution in [0.15, 0.2) is 16.7 Å². The number of hydrogen-bond donors (Lipinski definition) is 1. The van der Waals surface area contributed by atoms with Crippen LogP contribution in [0.3, 0.4) is 0 Å². The molecule has 4 heteroatoms. The summed E-state index contributed by atoms with van der Waals surface area (Å²) in [6.45, 7) is 4.94. The highest BCUT2D eigenvalue weighted by Gasteiger charge is 2.14. The van der Waals surface area contributed by atoms with E-state index in [1.807, 2.05) is 10.9 Å². The molecule has 0 bridgehead atoms. The van der Waals surface area contributed by atoms with Gasteiger partial charge in [-0.05, 0) is 28.4 Å².